The molecule has 0 fully saturated rings. The van der Waals surface area contributed by atoms with Crippen LogP contribution in [-0.4, -0.2) is 59.8 Å². The minimum absolute atomic E-state index is 0.232. The van der Waals surface area contributed by atoms with Crippen LogP contribution in [0.2, 0.25) is 0 Å². The molecular weight excluding hydrogens is 296 g/mol. The van der Waals surface area contributed by atoms with Gasteiger partial charge in [-0.1, -0.05) is 12.2 Å². The van der Waals surface area contributed by atoms with Crippen molar-refractivity contribution in [2.75, 3.05) is 19.7 Å². The van der Waals surface area contributed by atoms with Crippen LogP contribution in [-0.2, 0) is 14.3 Å². The summed E-state index contributed by atoms with van der Waals surface area (Å²) in [6.45, 7) is 12.0. The second-order valence-electron chi connectivity index (χ2n) is 5.43. The van der Waals surface area contributed by atoms with E-state index in [9.17, 15) is 14.7 Å². The van der Waals surface area contributed by atoms with Crippen LogP contribution >= 0.6 is 0 Å². The lowest BCUT2D eigenvalue weighted by atomic mass is 9.86. The lowest BCUT2D eigenvalue weighted by molar-refractivity contribution is -0.139. The summed E-state index contributed by atoms with van der Waals surface area (Å²) in [6.07, 6.45) is 4.36. The van der Waals surface area contributed by atoms with Crippen molar-refractivity contribution in [1.82, 2.24) is 10.2 Å². The predicted molar refractivity (Wildman–Crippen MR) is 88.7 cm³/mol. The largest absolute Gasteiger partial charge is 0.463 e. The van der Waals surface area contributed by atoms with Gasteiger partial charge in [-0.05, 0) is 19.4 Å². The number of carbonyl (C=O) groups excluding carboxylic acids is 2. The smallest absolute Gasteiger partial charge is 0.333 e. The lowest BCUT2D eigenvalue weighted by Crippen LogP contribution is -2.58. The first-order valence-corrected chi connectivity index (χ1v) is 7.73. The summed E-state index contributed by atoms with van der Waals surface area (Å²) < 4.78 is 5.03. The normalized spacial score (nSPS) is 23.8. The van der Waals surface area contributed by atoms with E-state index in [1.165, 1.54) is 13.0 Å². The second kappa shape index (κ2) is 9.27. The van der Waals surface area contributed by atoms with Crippen LogP contribution in [0.3, 0.4) is 0 Å². The van der Waals surface area contributed by atoms with Gasteiger partial charge in [-0.25, -0.2) is 4.79 Å². The van der Waals surface area contributed by atoms with Crippen LogP contribution in [0.5, 0.6) is 0 Å². The number of carbonyl (C=O) groups is 2. The highest BCUT2D eigenvalue weighted by Crippen LogP contribution is 2.25. The van der Waals surface area contributed by atoms with Crippen LogP contribution < -0.4 is 5.32 Å². The fourth-order valence-corrected chi connectivity index (χ4v) is 2.78. The van der Waals surface area contributed by atoms with E-state index >= 15 is 0 Å². The average Bonchev–Trinajstić information content (AvgIpc) is 2.48. The van der Waals surface area contributed by atoms with Gasteiger partial charge in [0.25, 0.3) is 0 Å². The summed E-state index contributed by atoms with van der Waals surface area (Å²) in [4.78, 5) is 25.5. The maximum atomic E-state index is 12.0. The number of aliphatic hydroxyl groups is 1. The predicted octanol–water partition coefficient (Wildman–Crippen LogP) is 0.788. The Morgan fingerprint density at radius 1 is 1.43 bits per heavy atom. The molecule has 6 heteroatoms. The quantitative estimate of drug-likeness (QED) is 0.510. The van der Waals surface area contributed by atoms with Crippen LogP contribution in [0.4, 0.5) is 0 Å². The molecule has 0 unspecified atom stereocenters. The Kier molecular flexibility index (Phi) is 7.71. The van der Waals surface area contributed by atoms with Crippen LogP contribution in [0.15, 0.2) is 37.0 Å². The van der Waals surface area contributed by atoms with E-state index in [1.54, 1.807) is 19.1 Å². The van der Waals surface area contributed by atoms with Crippen LogP contribution in [0.25, 0.3) is 0 Å². The molecule has 0 aliphatic heterocycles. The molecule has 23 heavy (non-hydrogen) atoms. The molecule has 0 bridgehead atoms. The molecule has 0 spiro atoms. The molecule has 128 valence electrons. The van der Waals surface area contributed by atoms with E-state index in [0.717, 1.165) is 0 Å². The number of esters is 1. The van der Waals surface area contributed by atoms with Crippen molar-refractivity contribution in [3.05, 3.63) is 37.0 Å². The summed E-state index contributed by atoms with van der Waals surface area (Å²) in [6, 6.07) is -0.764. The Bertz CT molecular complexity index is 477. The van der Waals surface area contributed by atoms with E-state index in [1.807, 2.05) is 4.90 Å². The Labute approximate surface area is 137 Å². The molecule has 0 aromatic heterocycles. The van der Waals surface area contributed by atoms with E-state index in [4.69, 9.17) is 4.74 Å². The Morgan fingerprint density at radius 3 is 2.52 bits per heavy atom. The number of rotatable bonds is 8. The van der Waals surface area contributed by atoms with Crippen molar-refractivity contribution < 1.29 is 19.4 Å². The van der Waals surface area contributed by atoms with Gasteiger partial charge in [-0.15, -0.1) is 13.2 Å². The Hall–Kier alpha value is -1.92. The SMILES string of the molecule is C=CCN(CC=C)[C@H]1CC(C(=O)OCC)=C[C@H](O)[C@@H]1NC(C)=O. The van der Waals surface area contributed by atoms with Gasteiger partial charge in [0.1, 0.15) is 0 Å². The fraction of sp³-hybridized carbons (Fsp3) is 0.529. The standard InChI is InChI=1S/C17H26N2O4/c1-5-8-19(9-6-2)14-10-13(17(22)23-7-3)11-15(21)16(14)18-12(4)20/h5-6,11,14-16,21H,1-2,7-10H2,3-4H3,(H,18,20)/t14-,15-,16+/m0/s1. The number of hydrogen-bond donors (Lipinski definition) is 2. The lowest BCUT2D eigenvalue weighted by Gasteiger charge is -2.40. The zero-order chi connectivity index (χ0) is 17.4. The van der Waals surface area contributed by atoms with Crippen molar-refractivity contribution in [2.45, 2.75) is 38.5 Å². The van der Waals surface area contributed by atoms with E-state index in [2.05, 4.69) is 18.5 Å². The highest BCUT2D eigenvalue weighted by molar-refractivity contribution is 5.89. The van der Waals surface area contributed by atoms with Crippen LogP contribution in [0.1, 0.15) is 20.3 Å². The molecule has 0 aromatic carbocycles. The van der Waals surface area contributed by atoms with Crippen molar-refractivity contribution >= 4 is 11.9 Å². The fourth-order valence-electron chi connectivity index (χ4n) is 2.78. The first-order valence-electron chi connectivity index (χ1n) is 7.73. The zero-order valence-corrected chi connectivity index (χ0v) is 13.8. The van der Waals surface area contributed by atoms with Gasteiger partial charge < -0.3 is 15.2 Å². The molecule has 0 aromatic rings. The van der Waals surface area contributed by atoms with Gasteiger partial charge in [0.15, 0.2) is 0 Å². The maximum absolute atomic E-state index is 12.0. The highest BCUT2D eigenvalue weighted by Gasteiger charge is 2.38. The molecule has 0 radical (unpaired) electrons. The van der Waals surface area contributed by atoms with Gasteiger partial charge >= 0.3 is 5.97 Å². The third-order valence-electron chi connectivity index (χ3n) is 3.69. The third-order valence-corrected chi connectivity index (χ3v) is 3.69. The molecule has 1 aliphatic rings. The molecule has 1 aliphatic carbocycles. The number of nitrogens with zero attached hydrogens (tertiary/aromatic N) is 1. The van der Waals surface area contributed by atoms with Gasteiger partial charge in [0, 0.05) is 31.6 Å². The van der Waals surface area contributed by atoms with E-state index < -0.39 is 18.1 Å². The molecular formula is C17H26N2O4. The Morgan fingerprint density at radius 2 is 2.04 bits per heavy atom. The second-order valence-corrected chi connectivity index (χ2v) is 5.43. The van der Waals surface area contributed by atoms with Crippen molar-refractivity contribution in [1.29, 1.82) is 0 Å². The molecule has 1 amide bonds. The summed E-state index contributed by atoms with van der Waals surface area (Å²) in [5, 5.41) is 13.2. The van der Waals surface area contributed by atoms with Crippen molar-refractivity contribution in [2.24, 2.45) is 0 Å². The monoisotopic (exact) mass is 322 g/mol. The van der Waals surface area contributed by atoms with E-state index in [-0.39, 0.29) is 18.6 Å². The third kappa shape index (κ3) is 5.33. The highest BCUT2D eigenvalue weighted by atomic mass is 16.5. The van der Waals surface area contributed by atoms with Gasteiger partial charge in [-0.2, -0.15) is 0 Å². The molecule has 0 heterocycles. The van der Waals surface area contributed by atoms with Crippen molar-refractivity contribution in [3.8, 4) is 0 Å². The average molecular weight is 322 g/mol. The maximum Gasteiger partial charge on any atom is 0.333 e. The van der Waals surface area contributed by atoms with Gasteiger partial charge in [-0.3, -0.25) is 9.69 Å². The molecule has 2 N–H and O–H groups in total. The number of aliphatic hydroxyl groups excluding tert-OH is 1. The van der Waals surface area contributed by atoms with Crippen LogP contribution in [0, 0.1) is 0 Å². The molecule has 3 atom stereocenters. The number of ether oxygens (including phenoxy) is 1. The summed E-state index contributed by atoms with van der Waals surface area (Å²) in [5.74, 6) is -0.667. The first-order chi connectivity index (χ1) is 10.9. The summed E-state index contributed by atoms with van der Waals surface area (Å²) in [5.41, 5.74) is 0.420. The van der Waals surface area contributed by atoms with Gasteiger partial charge in [0.05, 0.1) is 18.8 Å². The molecule has 1 rings (SSSR count). The topological polar surface area (TPSA) is 78.9 Å². The van der Waals surface area contributed by atoms with Gasteiger partial charge in [0.2, 0.25) is 5.91 Å². The number of amides is 1. The molecule has 0 saturated heterocycles. The number of nitrogens with one attached hydrogen (secondary N) is 1. The summed E-state index contributed by atoms with van der Waals surface area (Å²) >= 11 is 0. The Balaban J connectivity index is 3.10. The minimum atomic E-state index is -0.964. The number of hydrogen-bond acceptors (Lipinski definition) is 5. The van der Waals surface area contributed by atoms with E-state index in [0.29, 0.717) is 25.1 Å². The zero-order valence-electron chi connectivity index (χ0n) is 13.8. The molecule has 0 saturated carbocycles. The summed E-state index contributed by atoms with van der Waals surface area (Å²) in [7, 11) is 0. The first kappa shape index (κ1) is 19.1. The molecule has 6 nitrogen and oxygen atoms in total. The minimum Gasteiger partial charge on any atom is -0.463 e. The van der Waals surface area contributed by atoms with Crippen molar-refractivity contribution in [3.63, 3.8) is 0 Å².